The maximum atomic E-state index is 14.7. The van der Waals surface area contributed by atoms with Crippen molar-refractivity contribution >= 4 is 23.1 Å². The van der Waals surface area contributed by atoms with Gasteiger partial charge in [-0.1, -0.05) is 24.3 Å². The Morgan fingerprint density at radius 2 is 1.79 bits per heavy atom. The van der Waals surface area contributed by atoms with Crippen LogP contribution < -0.4 is 9.64 Å². The lowest BCUT2D eigenvalue weighted by Crippen LogP contribution is -2.30. The highest BCUT2D eigenvalue weighted by Gasteiger charge is 2.47. The summed E-state index contributed by atoms with van der Waals surface area (Å²) in [5, 5.41) is 21.1. The van der Waals surface area contributed by atoms with Crippen LogP contribution in [0.2, 0.25) is 0 Å². The minimum atomic E-state index is -1.27. The number of phenolic OH excluding ortho intramolecular Hbond substituents is 1. The number of carbonyl (C=O) groups is 2. The zero-order chi connectivity index (χ0) is 23.7. The van der Waals surface area contributed by atoms with Crippen LogP contribution in [-0.4, -0.2) is 28.5 Å². The fourth-order valence-corrected chi connectivity index (χ4v) is 3.82. The Morgan fingerprint density at radius 1 is 1.03 bits per heavy atom. The topological polar surface area (TPSA) is 87.1 Å². The fourth-order valence-electron chi connectivity index (χ4n) is 3.82. The molecule has 1 aliphatic heterocycles. The third kappa shape index (κ3) is 4.03. The molecule has 0 saturated carbocycles. The zero-order valence-electron chi connectivity index (χ0n) is 17.5. The molecule has 1 fully saturated rings. The molecule has 0 spiro atoms. The summed E-state index contributed by atoms with van der Waals surface area (Å²) in [4.78, 5) is 26.9. The number of aliphatic hydroxyl groups is 1. The van der Waals surface area contributed by atoms with E-state index in [0.717, 1.165) is 17.0 Å². The van der Waals surface area contributed by atoms with Gasteiger partial charge in [0.15, 0.2) is 0 Å². The van der Waals surface area contributed by atoms with E-state index in [1.807, 2.05) is 0 Å². The molecule has 3 aromatic rings. The number of ether oxygens (including phenoxy) is 1. The summed E-state index contributed by atoms with van der Waals surface area (Å²) in [5.74, 6) is -4.27. The number of rotatable bonds is 5. The number of hydrogen-bond donors (Lipinski definition) is 2. The number of anilines is 1. The summed E-state index contributed by atoms with van der Waals surface area (Å²) in [7, 11) is 0. The molecular formula is C25H19F2NO5. The first-order valence-corrected chi connectivity index (χ1v) is 10.1. The average Bonchev–Trinajstić information content (AvgIpc) is 3.04. The minimum absolute atomic E-state index is 0.156. The number of Topliss-reactive ketones (excluding diaryl/α,β-unsaturated/α-hetero) is 1. The van der Waals surface area contributed by atoms with Gasteiger partial charge in [0.2, 0.25) is 0 Å². The standard InChI is InChI=1S/C25H19F2NO5/c1-2-33-18-8-4-6-15(12-18)23(30)21-22(14-5-3-7-17(29)11-14)28(25(32)24(21)31)20-10-9-16(26)13-19(20)27/h3-13,22,29-30H,2H2,1H3/b23-21+. The van der Waals surface area contributed by atoms with Gasteiger partial charge in [-0.25, -0.2) is 8.78 Å². The highest BCUT2D eigenvalue weighted by molar-refractivity contribution is 6.51. The molecule has 1 amide bonds. The molecule has 1 atom stereocenters. The van der Waals surface area contributed by atoms with Crippen molar-refractivity contribution in [3.63, 3.8) is 0 Å². The molecule has 0 radical (unpaired) electrons. The molecule has 1 unspecified atom stereocenters. The number of hydrogen-bond acceptors (Lipinski definition) is 5. The van der Waals surface area contributed by atoms with E-state index in [4.69, 9.17) is 4.74 Å². The van der Waals surface area contributed by atoms with Crippen molar-refractivity contribution in [3.05, 3.63) is 95.1 Å². The second kappa shape index (κ2) is 8.74. The van der Waals surface area contributed by atoms with E-state index in [1.54, 1.807) is 19.1 Å². The zero-order valence-corrected chi connectivity index (χ0v) is 17.5. The Hall–Kier alpha value is -4.20. The lowest BCUT2D eigenvalue weighted by atomic mass is 9.95. The summed E-state index contributed by atoms with van der Waals surface area (Å²) in [6.07, 6.45) is 0. The molecule has 6 nitrogen and oxygen atoms in total. The first-order valence-electron chi connectivity index (χ1n) is 10.1. The van der Waals surface area contributed by atoms with E-state index in [9.17, 15) is 28.6 Å². The van der Waals surface area contributed by atoms with Crippen LogP contribution in [0.4, 0.5) is 14.5 Å². The third-order valence-corrected chi connectivity index (χ3v) is 5.22. The number of amides is 1. The van der Waals surface area contributed by atoms with E-state index in [0.29, 0.717) is 18.4 Å². The number of aromatic hydroxyl groups is 1. The van der Waals surface area contributed by atoms with Gasteiger partial charge in [-0.2, -0.15) is 0 Å². The van der Waals surface area contributed by atoms with Crippen LogP contribution in [0.5, 0.6) is 11.5 Å². The van der Waals surface area contributed by atoms with Crippen LogP contribution in [0, 0.1) is 11.6 Å². The molecule has 33 heavy (non-hydrogen) atoms. The van der Waals surface area contributed by atoms with E-state index in [2.05, 4.69) is 0 Å². The van der Waals surface area contributed by atoms with Crippen molar-refractivity contribution in [2.45, 2.75) is 13.0 Å². The molecule has 2 N–H and O–H groups in total. The summed E-state index contributed by atoms with van der Waals surface area (Å²) in [5.41, 5.74) is -0.180. The predicted octanol–water partition coefficient (Wildman–Crippen LogP) is 4.70. The van der Waals surface area contributed by atoms with Crippen LogP contribution in [0.25, 0.3) is 5.76 Å². The second-order valence-corrected chi connectivity index (χ2v) is 7.32. The van der Waals surface area contributed by atoms with Crippen LogP contribution in [0.1, 0.15) is 24.1 Å². The van der Waals surface area contributed by atoms with Crippen molar-refractivity contribution in [3.8, 4) is 11.5 Å². The molecule has 0 aliphatic carbocycles. The van der Waals surface area contributed by atoms with Crippen molar-refractivity contribution < 1.29 is 33.3 Å². The number of carbonyl (C=O) groups excluding carboxylic acids is 2. The van der Waals surface area contributed by atoms with Gasteiger partial charge < -0.3 is 14.9 Å². The highest BCUT2D eigenvalue weighted by atomic mass is 19.1. The van der Waals surface area contributed by atoms with E-state index < -0.39 is 35.1 Å². The Morgan fingerprint density at radius 3 is 2.48 bits per heavy atom. The molecule has 0 bridgehead atoms. The van der Waals surface area contributed by atoms with Gasteiger partial charge in [0.05, 0.1) is 23.9 Å². The van der Waals surface area contributed by atoms with Crippen LogP contribution >= 0.6 is 0 Å². The van der Waals surface area contributed by atoms with Crippen molar-refractivity contribution in [1.82, 2.24) is 0 Å². The molecule has 3 aromatic carbocycles. The van der Waals surface area contributed by atoms with Gasteiger partial charge >= 0.3 is 0 Å². The predicted molar refractivity (Wildman–Crippen MR) is 117 cm³/mol. The van der Waals surface area contributed by atoms with E-state index >= 15 is 0 Å². The third-order valence-electron chi connectivity index (χ3n) is 5.22. The molecule has 1 saturated heterocycles. The van der Waals surface area contributed by atoms with Crippen LogP contribution in [0.15, 0.2) is 72.3 Å². The Bertz CT molecular complexity index is 1290. The van der Waals surface area contributed by atoms with Crippen molar-refractivity contribution in [2.24, 2.45) is 0 Å². The smallest absolute Gasteiger partial charge is 0.300 e. The Balaban J connectivity index is 1.95. The van der Waals surface area contributed by atoms with Gasteiger partial charge in [-0.05, 0) is 48.9 Å². The number of ketones is 1. The van der Waals surface area contributed by atoms with E-state index in [-0.39, 0.29) is 28.1 Å². The van der Waals surface area contributed by atoms with E-state index in [1.165, 1.54) is 36.4 Å². The first kappa shape index (κ1) is 22.0. The summed E-state index contributed by atoms with van der Waals surface area (Å²) in [6.45, 7) is 2.17. The van der Waals surface area contributed by atoms with Gasteiger partial charge in [0.25, 0.3) is 11.7 Å². The minimum Gasteiger partial charge on any atom is -0.508 e. The highest BCUT2D eigenvalue weighted by Crippen LogP contribution is 2.43. The maximum Gasteiger partial charge on any atom is 0.300 e. The maximum absolute atomic E-state index is 14.7. The Labute approximate surface area is 188 Å². The molecular weight excluding hydrogens is 432 g/mol. The lowest BCUT2D eigenvalue weighted by Gasteiger charge is -2.26. The number of aliphatic hydroxyl groups excluding tert-OH is 1. The Kier molecular flexibility index (Phi) is 5.83. The van der Waals surface area contributed by atoms with Gasteiger partial charge in [-0.3, -0.25) is 14.5 Å². The second-order valence-electron chi connectivity index (χ2n) is 7.32. The number of benzene rings is 3. The molecule has 0 aromatic heterocycles. The molecule has 1 aliphatic rings. The molecule has 168 valence electrons. The van der Waals surface area contributed by atoms with Gasteiger partial charge in [-0.15, -0.1) is 0 Å². The van der Waals surface area contributed by atoms with Crippen molar-refractivity contribution in [1.29, 1.82) is 0 Å². The molecule has 8 heteroatoms. The number of phenols is 1. The molecule has 1 heterocycles. The number of nitrogens with zero attached hydrogens (tertiary/aromatic N) is 1. The molecule has 4 rings (SSSR count). The monoisotopic (exact) mass is 451 g/mol. The van der Waals surface area contributed by atoms with Gasteiger partial charge in [0.1, 0.15) is 28.9 Å². The average molecular weight is 451 g/mol. The SMILES string of the molecule is CCOc1cccc(/C(O)=C2\C(=O)C(=O)N(c3ccc(F)cc3F)C2c2cccc(O)c2)c1. The first-order chi connectivity index (χ1) is 15.8. The van der Waals surface area contributed by atoms with Crippen molar-refractivity contribution in [2.75, 3.05) is 11.5 Å². The lowest BCUT2D eigenvalue weighted by molar-refractivity contribution is -0.132. The normalized spacial score (nSPS) is 17.4. The van der Waals surface area contributed by atoms with Gasteiger partial charge in [0, 0.05) is 11.6 Å². The van der Waals surface area contributed by atoms with Crippen LogP contribution in [-0.2, 0) is 9.59 Å². The summed E-state index contributed by atoms with van der Waals surface area (Å²) >= 11 is 0. The van der Waals surface area contributed by atoms with Crippen LogP contribution in [0.3, 0.4) is 0 Å². The summed E-state index contributed by atoms with van der Waals surface area (Å²) < 4.78 is 33.6. The summed E-state index contributed by atoms with van der Waals surface area (Å²) in [6, 6.07) is 13.3. The largest absolute Gasteiger partial charge is 0.508 e. The quantitative estimate of drug-likeness (QED) is 0.334. The fraction of sp³-hybridized carbons (Fsp3) is 0.120. The number of halogens is 2.